The molecule has 1 N–H and O–H groups in total. The zero-order valence-electron chi connectivity index (χ0n) is 21.2. The molecule has 1 aromatic carbocycles. The SMILES string of the molecule is CN1CCCC1CCNC(=O)c1c(=O)c2cc(F)c(N3CCOCC3)nc2n2c3ccccc3n(C)c12. The molecule has 4 aromatic rings. The number of aromatic nitrogens is 3. The van der Waals surface area contributed by atoms with Crippen molar-refractivity contribution in [1.29, 1.82) is 0 Å². The van der Waals surface area contributed by atoms with Crippen LogP contribution < -0.4 is 15.6 Å². The summed E-state index contributed by atoms with van der Waals surface area (Å²) in [5.41, 5.74) is 1.90. The monoisotopic (exact) mass is 506 g/mol. The van der Waals surface area contributed by atoms with E-state index in [0.29, 0.717) is 50.2 Å². The van der Waals surface area contributed by atoms with E-state index in [4.69, 9.17) is 4.74 Å². The predicted molar refractivity (Wildman–Crippen MR) is 141 cm³/mol. The summed E-state index contributed by atoms with van der Waals surface area (Å²) in [7, 11) is 3.93. The summed E-state index contributed by atoms with van der Waals surface area (Å²) >= 11 is 0. The summed E-state index contributed by atoms with van der Waals surface area (Å²) in [5, 5.41) is 3.05. The highest BCUT2D eigenvalue weighted by Crippen LogP contribution is 2.28. The van der Waals surface area contributed by atoms with Gasteiger partial charge in [-0.25, -0.2) is 9.37 Å². The van der Waals surface area contributed by atoms with Crippen molar-refractivity contribution in [2.75, 3.05) is 51.3 Å². The third-order valence-electron chi connectivity index (χ3n) is 7.83. The predicted octanol–water partition coefficient (Wildman–Crippen LogP) is 2.53. The zero-order valence-corrected chi connectivity index (χ0v) is 21.2. The number of carbonyl (C=O) groups excluding carboxylic acids is 1. The first-order valence-electron chi connectivity index (χ1n) is 12.9. The van der Waals surface area contributed by atoms with Gasteiger partial charge in [0.1, 0.15) is 11.2 Å². The van der Waals surface area contributed by atoms with Crippen LogP contribution >= 0.6 is 0 Å². The van der Waals surface area contributed by atoms with E-state index in [-0.39, 0.29) is 16.8 Å². The van der Waals surface area contributed by atoms with Crippen LogP contribution in [0.2, 0.25) is 0 Å². The third kappa shape index (κ3) is 3.95. The van der Waals surface area contributed by atoms with Crippen molar-refractivity contribution in [2.45, 2.75) is 25.3 Å². The molecular weight excluding hydrogens is 475 g/mol. The van der Waals surface area contributed by atoms with Crippen LogP contribution in [-0.2, 0) is 11.8 Å². The van der Waals surface area contributed by atoms with Crippen LogP contribution in [0, 0.1) is 5.82 Å². The Bertz CT molecular complexity index is 1570. The lowest BCUT2D eigenvalue weighted by Gasteiger charge is -2.28. The van der Waals surface area contributed by atoms with E-state index in [1.54, 1.807) is 0 Å². The Labute approximate surface area is 213 Å². The van der Waals surface area contributed by atoms with Gasteiger partial charge in [0.2, 0.25) is 5.43 Å². The number of rotatable bonds is 5. The molecule has 5 heterocycles. The number of hydrogen-bond donors (Lipinski definition) is 1. The molecule has 0 radical (unpaired) electrons. The average molecular weight is 507 g/mol. The molecule has 0 spiro atoms. The van der Waals surface area contributed by atoms with Gasteiger partial charge >= 0.3 is 0 Å². The first kappa shape index (κ1) is 23.9. The van der Waals surface area contributed by atoms with E-state index in [9.17, 15) is 9.59 Å². The fraction of sp³-hybridized carbons (Fsp3) is 0.444. The number of carbonyl (C=O) groups is 1. The minimum Gasteiger partial charge on any atom is -0.378 e. The second-order valence-corrected chi connectivity index (χ2v) is 10.00. The number of halogens is 1. The van der Waals surface area contributed by atoms with Crippen LogP contribution in [-0.4, -0.2) is 77.2 Å². The van der Waals surface area contributed by atoms with Gasteiger partial charge in [-0.15, -0.1) is 0 Å². The maximum absolute atomic E-state index is 15.3. The van der Waals surface area contributed by atoms with Gasteiger partial charge in [0, 0.05) is 32.7 Å². The van der Waals surface area contributed by atoms with E-state index >= 15 is 4.39 Å². The third-order valence-corrected chi connectivity index (χ3v) is 7.83. The second-order valence-electron chi connectivity index (χ2n) is 10.00. The number of nitrogens with zero attached hydrogens (tertiary/aromatic N) is 5. The van der Waals surface area contributed by atoms with Crippen molar-refractivity contribution in [1.82, 2.24) is 24.2 Å². The number of nitrogens with one attached hydrogen (secondary N) is 1. The Morgan fingerprint density at radius 1 is 1.16 bits per heavy atom. The number of aryl methyl sites for hydroxylation is 1. The minimum atomic E-state index is -0.581. The topological polar surface area (TPSA) is 84.1 Å². The van der Waals surface area contributed by atoms with Crippen molar-refractivity contribution in [3.05, 3.63) is 51.9 Å². The highest BCUT2D eigenvalue weighted by atomic mass is 19.1. The number of morpholine rings is 1. The van der Waals surface area contributed by atoms with Crippen LogP contribution in [0.3, 0.4) is 0 Å². The van der Waals surface area contributed by atoms with Crippen LogP contribution in [0.25, 0.3) is 27.7 Å². The van der Waals surface area contributed by atoms with E-state index in [1.807, 2.05) is 45.2 Å². The number of anilines is 1. The molecule has 194 valence electrons. The lowest BCUT2D eigenvalue weighted by Crippen LogP contribution is -2.37. The molecule has 3 aromatic heterocycles. The van der Waals surface area contributed by atoms with E-state index in [0.717, 1.165) is 36.8 Å². The Morgan fingerprint density at radius 3 is 2.65 bits per heavy atom. The van der Waals surface area contributed by atoms with Crippen molar-refractivity contribution >= 4 is 39.4 Å². The van der Waals surface area contributed by atoms with E-state index < -0.39 is 17.2 Å². The highest BCUT2D eigenvalue weighted by Gasteiger charge is 2.27. The number of hydrogen-bond acceptors (Lipinski definition) is 6. The summed E-state index contributed by atoms with van der Waals surface area (Å²) in [6, 6.07) is 9.31. The molecule has 1 atom stereocenters. The molecule has 1 unspecified atom stereocenters. The van der Waals surface area contributed by atoms with Gasteiger partial charge in [-0.3, -0.25) is 14.0 Å². The number of para-hydroxylation sites is 2. The van der Waals surface area contributed by atoms with Crippen molar-refractivity contribution in [3.8, 4) is 0 Å². The van der Waals surface area contributed by atoms with Gasteiger partial charge in [-0.2, -0.15) is 0 Å². The number of benzene rings is 1. The fourth-order valence-corrected chi connectivity index (χ4v) is 5.84. The highest BCUT2D eigenvalue weighted by molar-refractivity contribution is 6.05. The summed E-state index contributed by atoms with van der Waals surface area (Å²) in [6.45, 7) is 3.52. The number of pyridine rings is 2. The van der Waals surface area contributed by atoms with Gasteiger partial charge in [-0.1, -0.05) is 12.1 Å². The maximum atomic E-state index is 15.3. The lowest BCUT2D eigenvalue weighted by atomic mass is 10.1. The summed E-state index contributed by atoms with van der Waals surface area (Å²) in [6.07, 6.45) is 3.08. The van der Waals surface area contributed by atoms with Crippen LogP contribution in [0.5, 0.6) is 0 Å². The summed E-state index contributed by atoms with van der Waals surface area (Å²) in [4.78, 5) is 36.1. The second kappa shape index (κ2) is 9.42. The number of ether oxygens (including phenoxy) is 1. The number of imidazole rings is 1. The molecule has 6 rings (SSSR count). The average Bonchev–Trinajstić information content (AvgIpc) is 3.45. The Balaban J connectivity index is 1.52. The van der Waals surface area contributed by atoms with Crippen molar-refractivity contribution < 1.29 is 13.9 Å². The van der Waals surface area contributed by atoms with Gasteiger partial charge in [-0.05, 0) is 51.1 Å². The van der Waals surface area contributed by atoms with Crippen molar-refractivity contribution in [2.24, 2.45) is 7.05 Å². The maximum Gasteiger partial charge on any atom is 0.259 e. The normalized spacial score (nSPS) is 18.9. The molecule has 2 fully saturated rings. The molecule has 37 heavy (non-hydrogen) atoms. The smallest absolute Gasteiger partial charge is 0.259 e. The molecule has 2 saturated heterocycles. The molecule has 1 amide bonds. The number of likely N-dealkylation sites (tertiary alicyclic amines) is 1. The first-order valence-corrected chi connectivity index (χ1v) is 12.9. The fourth-order valence-electron chi connectivity index (χ4n) is 5.84. The Morgan fingerprint density at radius 2 is 1.92 bits per heavy atom. The van der Waals surface area contributed by atoms with Gasteiger partial charge in [0.25, 0.3) is 5.91 Å². The zero-order chi connectivity index (χ0) is 25.7. The van der Waals surface area contributed by atoms with E-state index in [1.165, 1.54) is 6.07 Å². The van der Waals surface area contributed by atoms with Crippen LogP contribution in [0.4, 0.5) is 10.2 Å². The van der Waals surface area contributed by atoms with Gasteiger partial charge < -0.3 is 24.4 Å². The largest absolute Gasteiger partial charge is 0.378 e. The molecular formula is C27H31FN6O3. The van der Waals surface area contributed by atoms with Gasteiger partial charge in [0.15, 0.2) is 17.3 Å². The molecule has 0 bridgehead atoms. The Kier molecular flexibility index (Phi) is 6.08. The molecule has 2 aliphatic rings. The quantitative estimate of drug-likeness (QED) is 0.448. The lowest BCUT2D eigenvalue weighted by molar-refractivity contribution is 0.0950. The standard InChI is InChI=1S/C27H31FN6O3/c1-31-11-5-6-17(31)9-10-29-26(36)22-23(35)18-16-19(28)25(33-12-14-37-15-13-33)30-24(18)34-21-8-4-3-7-20(21)32(2)27(22)34/h3-4,7-8,16-17H,5-6,9-15H2,1-2H3,(H,29,36). The summed E-state index contributed by atoms with van der Waals surface area (Å²) < 4.78 is 24.4. The molecule has 10 heteroatoms. The van der Waals surface area contributed by atoms with Crippen molar-refractivity contribution in [3.63, 3.8) is 0 Å². The van der Waals surface area contributed by atoms with Crippen LogP contribution in [0.15, 0.2) is 35.1 Å². The molecule has 0 saturated carbocycles. The number of fused-ring (bicyclic) bond motifs is 5. The first-order chi connectivity index (χ1) is 18.0. The Hall–Kier alpha value is -3.50. The van der Waals surface area contributed by atoms with E-state index in [2.05, 4.69) is 22.2 Å². The minimum absolute atomic E-state index is 0.00583. The molecule has 2 aliphatic heterocycles. The molecule has 9 nitrogen and oxygen atoms in total. The number of amides is 1. The van der Waals surface area contributed by atoms with Crippen LogP contribution in [0.1, 0.15) is 29.6 Å². The summed E-state index contributed by atoms with van der Waals surface area (Å²) in [5.74, 6) is -0.842. The molecule has 0 aliphatic carbocycles. The van der Waals surface area contributed by atoms with Gasteiger partial charge in [0.05, 0.1) is 29.6 Å².